The Morgan fingerprint density at radius 3 is 2.72 bits per heavy atom. The molecule has 1 amide bonds. The van der Waals surface area contributed by atoms with E-state index in [0.717, 1.165) is 24.3 Å². The summed E-state index contributed by atoms with van der Waals surface area (Å²) < 4.78 is 5.59. The van der Waals surface area contributed by atoms with Crippen LogP contribution in [-0.2, 0) is 9.53 Å². The van der Waals surface area contributed by atoms with E-state index in [1.165, 1.54) is 5.56 Å². The predicted octanol–water partition coefficient (Wildman–Crippen LogP) is 1.62. The summed E-state index contributed by atoms with van der Waals surface area (Å²) in [6, 6.07) is 5.96. The third kappa shape index (κ3) is 3.09. The van der Waals surface area contributed by atoms with Crippen molar-refractivity contribution in [1.82, 2.24) is 5.32 Å². The van der Waals surface area contributed by atoms with Crippen LogP contribution >= 0.6 is 0 Å². The summed E-state index contributed by atoms with van der Waals surface area (Å²) in [4.78, 5) is 11.8. The summed E-state index contributed by atoms with van der Waals surface area (Å²) in [5.74, 6) is -0.102. The average Bonchev–Trinajstić information content (AvgIpc) is 2.28. The van der Waals surface area contributed by atoms with Crippen molar-refractivity contribution < 1.29 is 9.53 Å². The van der Waals surface area contributed by atoms with E-state index in [2.05, 4.69) is 10.6 Å². The van der Waals surface area contributed by atoms with Crippen LogP contribution in [0.1, 0.15) is 18.1 Å². The molecular formula is C14H20N2O2. The number of hydrogen-bond donors (Lipinski definition) is 2. The standard InChI is InChI=1S/C14H20N2O2/c1-10-4-5-12(11(2)6-10)16-13(17)7-18-14(3)8-15-9-14/h4-6,15H,7-9H2,1-3H3,(H,16,17). The Morgan fingerprint density at radius 1 is 1.44 bits per heavy atom. The summed E-state index contributed by atoms with van der Waals surface area (Å²) in [7, 11) is 0. The topological polar surface area (TPSA) is 50.4 Å². The van der Waals surface area contributed by atoms with Crippen LogP contribution in [0, 0.1) is 13.8 Å². The fraction of sp³-hybridized carbons (Fsp3) is 0.500. The smallest absolute Gasteiger partial charge is 0.250 e. The SMILES string of the molecule is Cc1ccc(NC(=O)COC2(C)CNC2)c(C)c1. The van der Waals surface area contributed by atoms with E-state index in [-0.39, 0.29) is 18.1 Å². The zero-order valence-electron chi connectivity index (χ0n) is 11.2. The highest BCUT2D eigenvalue weighted by Gasteiger charge is 2.32. The summed E-state index contributed by atoms with van der Waals surface area (Å²) >= 11 is 0. The monoisotopic (exact) mass is 248 g/mol. The molecule has 1 heterocycles. The molecule has 0 aromatic heterocycles. The maximum Gasteiger partial charge on any atom is 0.250 e. The number of hydrogen-bond acceptors (Lipinski definition) is 3. The predicted molar refractivity (Wildman–Crippen MR) is 71.8 cm³/mol. The summed E-state index contributed by atoms with van der Waals surface area (Å²) in [5.41, 5.74) is 2.93. The number of amides is 1. The fourth-order valence-corrected chi connectivity index (χ4v) is 1.96. The van der Waals surface area contributed by atoms with E-state index >= 15 is 0 Å². The molecule has 0 bridgehead atoms. The minimum absolute atomic E-state index is 0.102. The third-order valence-corrected chi connectivity index (χ3v) is 3.21. The molecule has 4 nitrogen and oxygen atoms in total. The average molecular weight is 248 g/mol. The van der Waals surface area contributed by atoms with Gasteiger partial charge in [-0.2, -0.15) is 0 Å². The van der Waals surface area contributed by atoms with Crippen molar-refractivity contribution in [2.45, 2.75) is 26.4 Å². The first-order valence-electron chi connectivity index (χ1n) is 6.20. The van der Waals surface area contributed by atoms with Crippen molar-refractivity contribution in [2.24, 2.45) is 0 Å². The Hall–Kier alpha value is -1.39. The lowest BCUT2D eigenvalue weighted by molar-refractivity contribution is -0.130. The first-order valence-corrected chi connectivity index (χ1v) is 6.20. The van der Waals surface area contributed by atoms with E-state index in [1.807, 2.05) is 39.0 Å². The largest absolute Gasteiger partial charge is 0.363 e. The number of carbonyl (C=O) groups is 1. The highest BCUT2D eigenvalue weighted by molar-refractivity contribution is 5.92. The molecule has 4 heteroatoms. The molecule has 0 unspecified atom stereocenters. The van der Waals surface area contributed by atoms with Gasteiger partial charge in [-0.15, -0.1) is 0 Å². The fourth-order valence-electron chi connectivity index (χ4n) is 1.96. The van der Waals surface area contributed by atoms with Gasteiger partial charge in [0.05, 0.1) is 5.60 Å². The van der Waals surface area contributed by atoms with Gasteiger partial charge in [0.1, 0.15) is 6.61 Å². The van der Waals surface area contributed by atoms with Crippen LogP contribution in [0.15, 0.2) is 18.2 Å². The lowest BCUT2D eigenvalue weighted by atomic mass is 10.0. The van der Waals surface area contributed by atoms with Gasteiger partial charge >= 0.3 is 0 Å². The Balaban J connectivity index is 1.87. The second kappa shape index (κ2) is 5.08. The van der Waals surface area contributed by atoms with Crippen LogP contribution in [0.4, 0.5) is 5.69 Å². The molecule has 1 aromatic carbocycles. The van der Waals surface area contributed by atoms with E-state index in [1.54, 1.807) is 0 Å². The Morgan fingerprint density at radius 2 is 2.17 bits per heavy atom. The van der Waals surface area contributed by atoms with Crippen LogP contribution in [-0.4, -0.2) is 31.2 Å². The molecule has 1 aromatic rings. The van der Waals surface area contributed by atoms with Crippen LogP contribution in [0.3, 0.4) is 0 Å². The second-order valence-electron chi connectivity index (χ2n) is 5.21. The Labute approximate surface area is 108 Å². The maximum atomic E-state index is 11.8. The van der Waals surface area contributed by atoms with Gasteiger partial charge in [0.2, 0.25) is 5.91 Å². The minimum Gasteiger partial charge on any atom is -0.363 e. The molecule has 98 valence electrons. The molecule has 1 aliphatic rings. The zero-order chi connectivity index (χ0) is 13.2. The number of ether oxygens (including phenoxy) is 1. The molecule has 0 aliphatic carbocycles. The summed E-state index contributed by atoms with van der Waals surface area (Å²) in [5, 5.41) is 6.01. The summed E-state index contributed by atoms with van der Waals surface area (Å²) in [6.07, 6.45) is 0. The van der Waals surface area contributed by atoms with Crippen LogP contribution in [0.2, 0.25) is 0 Å². The van der Waals surface area contributed by atoms with Gasteiger partial charge in [0.15, 0.2) is 0 Å². The third-order valence-electron chi connectivity index (χ3n) is 3.21. The van der Waals surface area contributed by atoms with Gasteiger partial charge < -0.3 is 15.4 Å². The molecule has 0 atom stereocenters. The molecule has 0 spiro atoms. The first-order chi connectivity index (χ1) is 8.48. The van der Waals surface area contributed by atoms with Crippen LogP contribution < -0.4 is 10.6 Å². The van der Waals surface area contributed by atoms with Crippen molar-refractivity contribution in [3.8, 4) is 0 Å². The number of carbonyl (C=O) groups excluding carboxylic acids is 1. The molecule has 2 N–H and O–H groups in total. The second-order valence-corrected chi connectivity index (χ2v) is 5.21. The number of nitrogens with one attached hydrogen (secondary N) is 2. The van der Waals surface area contributed by atoms with Crippen molar-refractivity contribution in [1.29, 1.82) is 0 Å². The Bertz CT molecular complexity index is 453. The highest BCUT2D eigenvalue weighted by atomic mass is 16.5. The normalized spacial score (nSPS) is 17.1. The molecule has 1 fully saturated rings. The van der Waals surface area contributed by atoms with Crippen molar-refractivity contribution in [2.75, 3.05) is 25.0 Å². The molecule has 1 saturated heterocycles. The van der Waals surface area contributed by atoms with Crippen LogP contribution in [0.5, 0.6) is 0 Å². The molecule has 2 rings (SSSR count). The highest BCUT2D eigenvalue weighted by Crippen LogP contribution is 2.17. The quantitative estimate of drug-likeness (QED) is 0.851. The molecule has 18 heavy (non-hydrogen) atoms. The first kappa shape index (κ1) is 13.1. The van der Waals surface area contributed by atoms with Gasteiger partial charge in [-0.25, -0.2) is 0 Å². The van der Waals surface area contributed by atoms with Crippen molar-refractivity contribution in [3.63, 3.8) is 0 Å². The van der Waals surface area contributed by atoms with Gasteiger partial charge in [-0.1, -0.05) is 17.7 Å². The van der Waals surface area contributed by atoms with Crippen molar-refractivity contribution in [3.05, 3.63) is 29.3 Å². The zero-order valence-corrected chi connectivity index (χ0v) is 11.2. The lowest BCUT2D eigenvalue weighted by Crippen LogP contribution is -2.59. The van der Waals surface area contributed by atoms with Gasteiger partial charge in [0.25, 0.3) is 0 Å². The number of anilines is 1. The molecule has 0 radical (unpaired) electrons. The van der Waals surface area contributed by atoms with E-state index in [9.17, 15) is 4.79 Å². The Kier molecular flexibility index (Phi) is 3.68. The molecule has 1 aliphatic heterocycles. The lowest BCUT2D eigenvalue weighted by Gasteiger charge is -2.38. The van der Waals surface area contributed by atoms with Gasteiger partial charge in [-0.3, -0.25) is 4.79 Å². The molecular weight excluding hydrogens is 228 g/mol. The van der Waals surface area contributed by atoms with Crippen molar-refractivity contribution >= 4 is 11.6 Å². The van der Waals surface area contributed by atoms with Gasteiger partial charge in [0, 0.05) is 18.8 Å². The van der Waals surface area contributed by atoms with Gasteiger partial charge in [-0.05, 0) is 32.4 Å². The number of rotatable bonds is 4. The molecule has 0 saturated carbocycles. The van der Waals surface area contributed by atoms with E-state index in [0.29, 0.717) is 0 Å². The van der Waals surface area contributed by atoms with Crippen LogP contribution in [0.25, 0.3) is 0 Å². The maximum absolute atomic E-state index is 11.8. The number of benzene rings is 1. The summed E-state index contributed by atoms with van der Waals surface area (Å²) in [6.45, 7) is 7.75. The van der Waals surface area contributed by atoms with E-state index < -0.39 is 0 Å². The number of aryl methyl sites for hydroxylation is 2. The minimum atomic E-state index is -0.181. The van der Waals surface area contributed by atoms with E-state index in [4.69, 9.17) is 4.74 Å².